The molecular formula is C8H7NO3S. The Morgan fingerprint density at radius 3 is 2.69 bits per heavy atom. The Balaban J connectivity index is 2.27. The van der Waals surface area contributed by atoms with Gasteiger partial charge >= 0.3 is 12.1 Å². The van der Waals surface area contributed by atoms with Gasteiger partial charge in [0.2, 0.25) is 0 Å². The van der Waals surface area contributed by atoms with E-state index in [1.54, 1.807) is 0 Å². The molecule has 1 aliphatic heterocycles. The number of thiophene rings is 1. The van der Waals surface area contributed by atoms with E-state index >= 15 is 0 Å². The van der Waals surface area contributed by atoms with E-state index in [4.69, 9.17) is 0 Å². The van der Waals surface area contributed by atoms with Crippen molar-refractivity contribution in [3.63, 3.8) is 0 Å². The van der Waals surface area contributed by atoms with Gasteiger partial charge in [-0.2, -0.15) is 0 Å². The molecule has 0 spiro atoms. The lowest BCUT2D eigenvalue weighted by Gasteiger charge is -1.99. The smallest absolute Gasteiger partial charge is 0.374 e. The first-order valence-electron chi connectivity index (χ1n) is 3.75. The second kappa shape index (κ2) is 2.85. The molecule has 13 heavy (non-hydrogen) atoms. The van der Waals surface area contributed by atoms with Gasteiger partial charge in [-0.25, -0.2) is 9.59 Å². The van der Waals surface area contributed by atoms with Crippen LogP contribution in [0.15, 0.2) is 12.1 Å². The predicted octanol–water partition coefficient (Wildman–Crippen LogP) is 1.36. The summed E-state index contributed by atoms with van der Waals surface area (Å²) in [7, 11) is 0. The molecule has 1 unspecified atom stereocenters. The summed E-state index contributed by atoms with van der Waals surface area (Å²) < 4.78 is 4.36. The Morgan fingerprint density at radius 2 is 2.23 bits per heavy atom. The Morgan fingerprint density at radius 1 is 1.46 bits per heavy atom. The number of carbonyl (C=O) groups excluding carboxylic acids is 2. The van der Waals surface area contributed by atoms with Gasteiger partial charge < -0.3 is 10.1 Å². The number of nitrogens with one attached hydrogen (secondary N) is 1. The highest BCUT2D eigenvalue weighted by atomic mass is 32.1. The number of esters is 1. The van der Waals surface area contributed by atoms with Crippen LogP contribution in [-0.4, -0.2) is 12.1 Å². The number of aryl methyl sites for hydroxylation is 1. The first kappa shape index (κ1) is 8.25. The van der Waals surface area contributed by atoms with Crippen LogP contribution in [0.25, 0.3) is 0 Å². The summed E-state index contributed by atoms with van der Waals surface area (Å²) in [5.41, 5.74) is 0. The topological polar surface area (TPSA) is 55.4 Å². The SMILES string of the molecule is Cc1ccc(C2NC(=O)OC2=O)s1. The molecule has 0 radical (unpaired) electrons. The van der Waals surface area contributed by atoms with E-state index in [2.05, 4.69) is 10.1 Å². The number of cyclic esters (lactones) is 2. The van der Waals surface area contributed by atoms with Crippen LogP contribution in [0.5, 0.6) is 0 Å². The van der Waals surface area contributed by atoms with Gasteiger partial charge in [0.05, 0.1) is 0 Å². The molecule has 68 valence electrons. The van der Waals surface area contributed by atoms with E-state index in [1.807, 2.05) is 19.1 Å². The summed E-state index contributed by atoms with van der Waals surface area (Å²) in [6, 6.07) is 3.11. The molecule has 0 aromatic carbocycles. The standard InChI is InChI=1S/C8H7NO3S/c1-4-2-3-5(13-4)6-7(10)12-8(11)9-6/h2-3,6H,1H3,(H,9,11). The van der Waals surface area contributed by atoms with Crippen LogP contribution in [0.3, 0.4) is 0 Å². The highest BCUT2D eigenvalue weighted by Gasteiger charge is 2.34. The molecule has 2 rings (SSSR count). The van der Waals surface area contributed by atoms with E-state index < -0.39 is 18.1 Å². The molecule has 4 nitrogen and oxygen atoms in total. The summed E-state index contributed by atoms with van der Waals surface area (Å²) in [5, 5.41) is 2.43. The molecule has 1 N–H and O–H groups in total. The van der Waals surface area contributed by atoms with Gasteiger partial charge in [0.15, 0.2) is 6.04 Å². The lowest BCUT2D eigenvalue weighted by Crippen LogP contribution is -2.18. The van der Waals surface area contributed by atoms with E-state index in [9.17, 15) is 9.59 Å². The van der Waals surface area contributed by atoms with Crippen LogP contribution >= 0.6 is 11.3 Å². The van der Waals surface area contributed by atoms with Crippen LogP contribution in [0.4, 0.5) is 4.79 Å². The molecule has 0 saturated carbocycles. The lowest BCUT2D eigenvalue weighted by molar-refractivity contribution is -0.135. The summed E-state index contributed by atoms with van der Waals surface area (Å²) in [6.07, 6.45) is -0.666. The van der Waals surface area contributed by atoms with Crippen molar-refractivity contribution >= 4 is 23.4 Å². The van der Waals surface area contributed by atoms with Gasteiger partial charge in [0.25, 0.3) is 0 Å². The van der Waals surface area contributed by atoms with Crippen molar-refractivity contribution in [1.29, 1.82) is 0 Å². The zero-order valence-corrected chi connectivity index (χ0v) is 7.68. The third-order valence-electron chi connectivity index (χ3n) is 1.74. The monoisotopic (exact) mass is 197 g/mol. The van der Waals surface area contributed by atoms with Crippen LogP contribution < -0.4 is 5.32 Å². The second-order valence-corrected chi connectivity index (χ2v) is 4.05. The van der Waals surface area contributed by atoms with Gasteiger partial charge in [-0.15, -0.1) is 11.3 Å². The number of alkyl carbamates (subject to hydrolysis) is 1. The first-order chi connectivity index (χ1) is 6.16. The quantitative estimate of drug-likeness (QED) is 0.546. The van der Waals surface area contributed by atoms with Crippen molar-refractivity contribution in [3.05, 3.63) is 21.9 Å². The zero-order valence-electron chi connectivity index (χ0n) is 6.87. The largest absolute Gasteiger partial charge is 0.415 e. The minimum atomic E-state index is -0.666. The van der Waals surface area contributed by atoms with E-state index in [0.29, 0.717) is 0 Å². The average molecular weight is 197 g/mol. The highest BCUT2D eigenvalue weighted by molar-refractivity contribution is 7.12. The normalized spacial score (nSPS) is 21.5. The van der Waals surface area contributed by atoms with E-state index in [-0.39, 0.29) is 0 Å². The average Bonchev–Trinajstić information content (AvgIpc) is 2.58. The number of amides is 1. The molecule has 1 amide bonds. The summed E-state index contributed by atoms with van der Waals surface area (Å²) in [6.45, 7) is 1.94. The molecule has 1 aromatic heterocycles. The van der Waals surface area contributed by atoms with Gasteiger partial charge in [-0.1, -0.05) is 0 Å². The van der Waals surface area contributed by atoms with Crippen molar-refractivity contribution < 1.29 is 14.3 Å². The number of ether oxygens (including phenoxy) is 1. The van der Waals surface area contributed by atoms with Crippen LogP contribution in [0, 0.1) is 6.92 Å². The van der Waals surface area contributed by atoms with Crippen LogP contribution in [0.1, 0.15) is 15.8 Å². The molecule has 0 bridgehead atoms. The van der Waals surface area contributed by atoms with Crippen molar-refractivity contribution in [3.8, 4) is 0 Å². The molecule has 2 heterocycles. The van der Waals surface area contributed by atoms with Gasteiger partial charge in [0.1, 0.15) is 0 Å². The van der Waals surface area contributed by atoms with E-state index in [1.165, 1.54) is 11.3 Å². The van der Waals surface area contributed by atoms with Crippen molar-refractivity contribution in [2.45, 2.75) is 13.0 Å². The fourth-order valence-corrected chi connectivity index (χ4v) is 2.07. The predicted molar refractivity (Wildman–Crippen MR) is 46.4 cm³/mol. The van der Waals surface area contributed by atoms with Crippen molar-refractivity contribution in [2.24, 2.45) is 0 Å². The minimum absolute atomic E-state index is 0.521. The molecule has 1 atom stereocenters. The maximum Gasteiger partial charge on any atom is 0.415 e. The van der Waals surface area contributed by atoms with Crippen molar-refractivity contribution in [1.82, 2.24) is 5.32 Å². The van der Waals surface area contributed by atoms with Gasteiger partial charge in [0, 0.05) is 9.75 Å². The Hall–Kier alpha value is -1.36. The third kappa shape index (κ3) is 1.42. The number of hydrogen-bond acceptors (Lipinski definition) is 4. The molecule has 1 saturated heterocycles. The molecule has 0 aliphatic carbocycles. The van der Waals surface area contributed by atoms with Gasteiger partial charge in [-0.3, -0.25) is 0 Å². The fourth-order valence-electron chi connectivity index (χ4n) is 1.15. The minimum Gasteiger partial charge on any atom is -0.374 e. The Bertz CT molecular complexity index is 371. The summed E-state index contributed by atoms with van der Waals surface area (Å²) >= 11 is 1.48. The number of rotatable bonds is 1. The second-order valence-electron chi connectivity index (χ2n) is 2.73. The molecule has 1 aromatic rings. The van der Waals surface area contributed by atoms with Crippen molar-refractivity contribution in [2.75, 3.05) is 0 Å². The molecule has 1 fully saturated rings. The number of carbonyl (C=O) groups is 2. The zero-order chi connectivity index (χ0) is 9.42. The Labute approximate surface area is 78.5 Å². The maximum absolute atomic E-state index is 11.1. The number of hydrogen-bond donors (Lipinski definition) is 1. The summed E-state index contributed by atoms with van der Waals surface area (Å²) in [4.78, 5) is 23.7. The molecular weight excluding hydrogens is 190 g/mol. The maximum atomic E-state index is 11.1. The van der Waals surface area contributed by atoms with Crippen LogP contribution in [-0.2, 0) is 9.53 Å². The Kier molecular flexibility index (Phi) is 1.81. The summed E-state index contributed by atoms with van der Waals surface area (Å²) in [5.74, 6) is -0.521. The fraction of sp³-hybridized carbons (Fsp3) is 0.250. The van der Waals surface area contributed by atoms with E-state index in [0.717, 1.165) is 9.75 Å². The van der Waals surface area contributed by atoms with Crippen LogP contribution in [0.2, 0.25) is 0 Å². The molecule has 5 heteroatoms. The first-order valence-corrected chi connectivity index (χ1v) is 4.57. The highest BCUT2D eigenvalue weighted by Crippen LogP contribution is 2.26. The lowest BCUT2D eigenvalue weighted by atomic mass is 10.2. The third-order valence-corrected chi connectivity index (χ3v) is 2.80. The van der Waals surface area contributed by atoms with Gasteiger partial charge in [-0.05, 0) is 19.1 Å². The molecule has 1 aliphatic rings.